The number of carbonyl (C=O) groups excluding carboxylic acids is 1. The number of aromatic nitrogens is 1. The Morgan fingerprint density at radius 3 is 2.24 bits per heavy atom. The van der Waals surface area contributed by atoms with E-state index in [0.29, 0.717) is 39.0 Å². The molecule has 0 aliphatic heterocycles. The number of carbonyl (C=O) groups is 2. The highest BCUT2D eigenvalue weighted by atomic mass is 35.5. The number of pyridine rings is 1. The van der Waals surface area contributed by atoms with Crippen LogP contribution in [0.2, 0.25) is 5.02 Å². The first kappa shape index (κ1) is 26.2. The van der Waals surface area contributed by atoms with Gasteiger partial charge in [-0.3, -0.25) is 4.79 Å². The molecule has 3 rings (SSSR count). The first-order valence-electron chi connectivity index (χ1n) is 11.9. The van der Waals surface area contributed by atoms with E-state index in [0.717, 1.165) is 31.2 Å². The highest BCUT2D eigenvalue weighted by Crippen LogP contribution is 2.38. The van der Waals surface area contributed by atoms with Gasteiger partial charge >= 0.3 is 5.97 Å². The third-order valence-electron chi connectivity index (χ3n) is 6.33. The smallest absolute Gasteiger partial charge is 0.337 e. The highest BCUT2D eigenvalue weighted by molar-refractivity contribution is 6.30. The van der Waals surface area contributed by atoms with Crippen LogP contribution in [0.15, 0.2) is 24.3 Å². The number of aryl methyl sites for hydroxylation is 1. The molecule has 0 unspecified atom stereocenters. The van der Waals surface area contributed by atoms with Gasteiger partial charge in [0.05, 0.1) is 5.60 Å². The summed E-state index contributed by atoms with van der Waals surface area (Å²) in [5.74, 6) is -0.657. The molecule has 2 N–H and O–H groups in total. The first-order valence-corrected chi connectivity index (χ1v) is 12.2. The zero-order chi connectivity index (χ0) is 25.2. The van der Waals surface area contributed by atoms with Crippen molar-refractivity contribution in [2.24, 2.45) is 5.92 Å². The fourth-order valence-corrected chi connectivity index (χ4v) is 4.71. The Balaban J connectivity index is 2.13. The molecule has 1 saturated carbocycles. The molecule has 1 aliphatic carbocycles. The Morgan fingerprint density at radius 2 is 1.71 bits per heavy atom. The van der Waals surface area contributed by atoms with Crippen LogP contribution in [-0.2, 0) is 9.53 Å². The molecule has 1 amide bonds. The van der Waals surface area contributed by atoms with Crippen molar-refractivity contribution in [3.63, 3.8) is 0 Å². The van der Waals surface area contributed by atoms with Gasteiger partial charge in [0, 0.05) is 22.3 Å². The summed E-state index contributed by atoms with van der Waals surface area (Å²) in [5.41, 5.74) is 2.53. The summed E-state index contributed by atoms with van der Waals surface area (Å²) in [4.78, 5) is 30.2. The van der Waals surface area contributed by atoms with Crippen molar-refractivity contribution in [2.45, 2.75) is 85.0 Å². The standard InChI is InChI=1S/C27H35ClN2O4/c1-15-7-13-20(14-8-15)30-25(31)23-16(2)21(18-9-11-19(28)12-10-18)22(17(3)29-23)24(26(32)33)34-27(4,5)6/h9-12,15,20,24H,7-8,13-14H2,1-6H3,(H,30,31)(H,32,33)/t15-,20-,24-/m0/s1. The topological polar surface area (TPSA) is 88.5 Å². The van der Waals surface area contributed by atoms with Crippen molar-refractivity contribution in [1.29, 1.82) is 0 Å². The van der Waals surface area contributed by atoms with E-state index in [-0.39, 0.29) is 11.9 Å². The van der Waals surface area contributed by atoms with Crippen molar-refractivity contribution >= 4 is 23.5 Å². The maximum Gasteiger partial charge on any atom is 0.337 e. The number of nitrogens with one attached hydrogen (secondary N) is 1. The minimum absolute atomic E-state index is 0.125. The van der Waals surface area contributed by atoms with Crippen molar-refractivity contribution in [3.8, 4) is 11.1 Å². The third kappa shape index (κ3) is 6.16. The predicted octanol–water partition coefficient (Wildman–Crippen LogP) is 6.27. The lowest BCUT2D eigenvalue weighted by Crippen LogP contribution is -2.38. The summed E-state index contributed by atoms with van der Waals surface area (Å²) < 4.78 is 5.97. The maximum absolute atomic E-state index is 13.3. The molecule has 0 bridgehead atoms. The van der Waals surface area contributed by atoms with Gasteiger partial charge in [-0.1, -0.05) is 30.7 Å². The van der Waals surface area contributed by atoms with Crippen molar-refractivity contribution in [3.05, 3.63) is 51.8 Å². The Hall–Kier alpha value is -2.44. The number of hydrogen-bond acceptors (Lipinski definition) is 4. The maximum atomic E-state index is 13.3. The molecular weight excluding hydrogens is 452 g/mol. The number of aliphatic carboxylic acids is 1. The second-order valence-corrected chi connectivity index (χ2v) is 10.8. The van der Waals surface area contributed by atoms with Crippen molar-refractivity contribution in [1.82, 2.24) is 10.3 Å². The predicted molar refractivity (Wildman–Crippen MR) is 134 cm³/mol. The molecule has 2 aromatic rings. The van der Waals surface area contributed by atoms with Gasteiger partial charge in [-0.2, -0.15) is 0 Å². The van der Waals surface area contributed by atoms with Gasteiger partial charge in [0.15, 0.2) is 6.10 Å². The normalized spacial score (nSPS) is 19.5. The number of carboxylic acids is 1. The van der Waals surface area contributed by atoms with Gasteiger partial charge in [-0.05, 0) is 95.0 Å². The number of hydrogen-bond donors (Lipinski definition) is 2. The van der Waals surface area contributed by atoms with Crippen LogP contribution in [0, 0.1) is 19.8 Å². The zero-order valence-electron chi connectivity index (χ0n) is 20.9. The van der Waals surface area contributed by atoms with E-state index in [2.05, 4.69) is 17.2 Å². The summed E-state index contributed by atoms with van der Waals surface area (Å²) >= 11 is 6.12. The highest BCUT2D eigenvalue weighted by Gasteiger charge is 2.33. The molecule has 1 aromatic carbocycles. The summed E-state index contributed by atoms with van der Waals surface area (Å²) in [6, 6.07) is 7.28. The molecule has 7 heteroatoms. The fourth-order valence-electron chi connectivity index (χ4n) is 4.59. The Bertz CT molecular complexity index is 1050. The van der Waals surface area contributed by atoms with Crippen LogP contribution < -0.4 is 5.32 Å². The average Bonchev–Trinajstić information content (AvgIpc) is 2.75. The third-order valence-corrected chi connectivity index (χ3v) is 6.58. The van der Waals surface area contributed by atoms with Crippen molar-refractivity contribution < 1.29 is 19.4 Å². The molecule has 1 aromatic heterocycles. The van der Waals surface area contributed by atoms with Gasteiger partial charge in [-0.25, -0.2) is 9.78 Å². The fraction of sp³-hybridized carbons (Fsp3) is 0.519. The van der Waals surface area contributed by atoms with Crippen LogP contribution >= 0.6 is 11.6 Å². The second kappa shape index (κ2) is 10.4. The number of nitrogens with zero attached hydrogens (tertiary/aromatic N) is 1. The minimum atomic E-state index is -1.24. The molecule has 1 aliphatic rings. The summed E-state index contributed by atoms with van der Waals surface area (Å²) in [6.07, 6.45) is 2.85. The molecule has 0 radical (unpaired) electrons. The number of carboxylic acid groups (broad SMARTS) is 1. The van der Waals surface area contributed by atoms with Gasteiger partial charge in [-0.15, -0.1) is 0 Å². The van der Waals surface area contributed by atoms with E-state index in [9.17, 15) is 14.7 Å². The SMILES string of the molecule is Cc1nc(C(=O)N[C@H]2CC[C@H](C)CC2)c(C)c(-c2ccc(Cl)cc2)c1[C@H](OC(C)(C)C)C(=O)O. The van der Waals surface area contributed by atoms with Crippen LogP contribution in [0.5, 0.6) is 0 Å². The quantitative estimate of drug-likeness (QED) is 0.502. The number of benzene rings is 1. The van der Waals surface area contributed by atoms with E-state index < -0.39 is 17.7 Å². The van der Waals surface area contributed by atoms with Crippen LogP contribution in [0.1, 0.15) is 86.8 Å². The minimum Gasteiger partial charge on any atom is -0.479 e. The van der Waals surface area contributed by atoms with Crippen LogP contribution in [-0.4, -0.2) is 33.6 Å². The van der Waals surface area contributed by atoms with Gasteiger partial charge in [0.25, 0.3) is 5.91 Å². The van der Waals surface area contributed by atoms with E-state index in [1.807, 2.05) is 39.8 Å². The average molecular weight is 487 g/mol. The van der Waals surface area contributed by atoms with E-state index in [4.69, 9.17) is 16.3 Å². The lowest BCUT2D eigenvalue weighted by molar-refractivity contribution is -0.160. The lowest BCUT2D eigenvalue weighted by atomic mass is 9.87. The Labute approximate surface area is 207 Å². The second-order valence-electron chi connectivity index (χ2n) is 10.3. The molecule has 184 valence electrons. The van der Waals surface area contributed by atoms with E-state index >= 15 is 0 Å². The molecule has 0 spiro atoms. The van der Waals surface area contributed by atoms with Crippen molar-refractivity contribution in [2.75, 3.05) is 0 Å². The van der Waals surface area contributed by atoms with Gasteiger partial charge < -0.3 is 15.2 Å². The summed E-state index contributed by atoms with van der Waals surface area (Å²) in [6.45, 7) is 11.2. The van der Waals surface area contributed by atoms with Gasteiger partial charge in [0.2, 0.25) is 0 Å². The zero-order valence-corrected chi connectivity index (χ0v) is 21.6. The molecule has 1 atom stereocenters. The van der Waals surface area contributed by atoms with Crippen LogP contribution in [0.25, 0.3) is 11.1 Å². The molecular formula is C27H35ClN2O4. The summed E-state index contributed by atoms with van der Waals surface area (Å²) in [5, 5.41) is 13.8. The molecule has 1 heterocycles. The van der Waals surface area contributed by atoms with Crippen LogP contribution in [0.3, 0.4) is 0 Å². The Morgan fingerprint density at radius 1 is 1.12 bits per heavy atom. The number of halogens is 1. The number of ether oxygens (including phenoxy) is 1. The first-order chi connectivity index (χ1) is 15.9. The van der Waals surface area contributed by atoms with Gasteiger partial charge in [0.1, 0.15) is 5.69 Å². The van der Waals surface area contributed by atoms with E-state index in [1.165, 1.54) is 0 Å². The van der Waals surface area contributed by atoms with Crippen LogP contribution in [0.4, 0.5) is 0 Å². The number of rotatable bonds is 6. The van der Waals surface area contributed by atoms with E-state index in [1.54, 1.807) is 19.1 Å². The summed E-state index contributed by atoms with van der Waals surface area (Å²) in [7, 11) is 0. The molecule has 1 fully saturated rings. The largest absolute Gasteiger partial charge is 0.479 e. The lowest BCUT2D eigenvalue weighted by Gasteiger charge is -2.29. The molecule has 6 nitrogen and oxygen atoms in total. The molecule has 34 heavy (non-hydrogen) atoms. The Kier molecular flexibility index (Phi) is 8.04. The monoisotopic (exact) mass is 486 g/mol. The molecule has 0 saturated heterocycles. The number of amides is 1.